The Morgan fingerprint density at radius 3 is 2.38 bits per heavy atom. The van der Waals surface area contributed by atoms with Crippen LogP contribution in [0.1, 0.15) is 39.5 Å². The van der Waals surface area contributed by atoms with Crippen molar-refractivity contribution >= 4 is 6.29 Å². The first kappa shape index (κ1) is 10.7. The lowest BCUT2D eigenvalue weighted by molar-refractivity contribution is -0.178. The molecule has 3 heteroatoms. The Morgan fingerprint density at radius 2 is 2.00 bits per heavy atom. The van der Waals surface area contributed by atoms with Gasteiger partial charge < -0.3 is 14.3 Å². The number of rotatable bonds is 5. The first-order valence-corrected chi connectivity index (χ1v) is 5.03. The number of hydrogen-bond acceptors (Lipinski definition) is 3. The molecule has 1 saturated heterocycles. The molecule has 0 aromatic carbocycles. The maximum Gasteiger partial charge on any atom is 0.169 e. The highest BCUT2D eigenvalue weighted by Gasteiger charge is 2.39. The van der Waals surface area contributed by atoms with E-state index in [4.69, 9.17) is 9.47 Å². The van der Waals surface area contributed by atoms with Gasteiger partial charge in [-0.15, -0.1) is 0 Å². The van der Waals surface area contributed by atoms with Crippen molar-refractivity contribution in [2.75, 3.05) is 6.61 Å². The van der Waals surface area contributed by atoms with Gasteiger partial charge >= 0.3 is 0 Å². The second-order valence-corrected chi connectivity index (χ2v) is 3.51. The Balaban J connectivity index is 2.53. The molecule has 0 amide bonds. The van der Waals surface area contributed by atoms with Gasteiger partial charge in [0.2, 0.25) is 0 Å². The minimum absolute atomic E-state index is 0.349. The quantitative estimate of drug-likeness (QED) is 0.615. The molecular formula is C10H18O3. The zero-order chi connectivity index (χ0) is 9.73. The molecule has 1 heterocycles. The molecule has 1 aliphatic rings. The summed E-state index contributed by atoms with van der Waals surface area (Å²) in [6.45, 7) is 4.61. The molecule has 0 N–H and O–H groups in total. The highest BCUT2D eigenvalue weighted by Crippen LogP contribution is 2.32. The van der Waals surface area contributed by atoms with Crippen molar-refractivity contribution in [1.29, 1.82) is 0 Å². The fourth-order valence-electron chi connectivity index (χ4n) is 1.79. The van der Waals surface area contributed by atoms with Gasteiger partial charge in [-0.05, 0) is 0 Å². The van der Waals surface area contributed by atoms with E-state index in [2.05, 4.69) is 13.8 Å². The monoisotopic (exact) mass is 186 g/mol. The average molecular weight is 186 g/mol. The zero-order valence-electron chi connectivity index (χ0n) is 8.41. The Kier molecular flexibility index (Phi) is 3.88. The maximum atomic E-state index is 10.5. The molecule has 0 bridgehead atoms. The van der Waals surface area contributed by atoms with E-state index in [9.17, 15) is 4.79 Å². The summed E-state index contributed by atoms with van der Waals surface area (Å²) in [6.07, 6.45) is 4.28. The van der Waals surface area contributed by atoms with Crippen LogP contribution in [-0.2, 0) is 14.3 Å². The van der Waals surface area contributed by atoms with Gasteiger partial charge in [-0.2, -0.15) is 0 Å². The van der Waals surface area contributed by atoms with Crippen LogP contribution in [-0.4, -0.2) is 24.8 Å². The number of aldehydes is 1. The number of carbonyl (C=O) groups is 1. The first-order chi connectivity index (χ1) is 6.26. The molecule has 1 rings (SSSR count). The maximum absolute atomic E-state index is 10.5. The summed E-state index contributed by atoms with van der Waals surface area (Å²) in [5.74, 6) is -0.463. The van der Waals surface area contributed by atoms with E-state index in [0.717, 1.165) is 32.0 Å². The minimum Gasteiger partial charge on any atom is -0.347 e. The molecule has 0 aliphatic carbocycles. The summed E-state index contributed by atoms with van der Waals surface area (Å²) in [5.41, 5.74) is 0. The summed E-state index contributed by atoms with van der Waals surface area (Å²) < 4.78 is 11.2. The molecule has 13 heavy (non-hydrogen) atoms. The SMILES string of the molecule is CCCC1(CCC)OCC(C=O)O1. The molecule has 3 nitrogen and oxygen atoms in total. The molecule has 1 aliphatic heterocycles. The summed E-state index contributed by atoms with van der Waals surface area (Å²) in [4.78, 5) is 10.5. The Hall–Kier alpha value is -0.410. The van der Waals surface area contributed by atoms with Gasteiger partial charge in [0, 0.05) is 12.8 Å². The lowest BCUT2D eigenvalue weighted by Gasteiger charge is -2.26. The second-order valence-electron chi connectivity index (χ2n) is 3.51. The first-order valence-electron chi connectivity index (χ1n) is 5.03. The van der Waals surface area contributed by atoms with Gasteiger partial charge in [-0.3, -0.25) is 0 Å². The zero-order valence-corrected chi connectivity index (χ0v) is 8.41. The molecule has 1 fully saturated rings. The number of hydrogen-bond donors (Lipinski definition) is 0. The van der Waals surface area contributed by atoms with E-state index in [1.54, 1.807) is 0 Å². The third kappa shape index (κ3) is 2.51. The molecule has 0 saturated carbocycles. The normalized spacial score (nSPS) is 26.2. The topological polar surface area (TPSA) is 35.5 Å². The molecule has 0 radical (unpaired) electrons. The van der Waals surface area contributed by atoms with Gasteiger partial charge in [0.05, 0.1) is 6.61 Å². The third-order valence-corrected chi connectivity index (χ3v) is 2.29. The summed E-state index contributed by atoms with van der Waals surface area (Å²) in [7, 11) is 0. The van der Waals surface area contributed by atoms with E-state index < -0.39 is 5.79 Å². The highest BCUT2D eigenvalue weighted by molar-refractivity contribution is 5.56. The Labute approximate surface area is 79.4 Å². The van der Waals surface area contributed by atoms with Crippen LogP contribution >= 0.6 is 0 Å². The van der Waals surface area contributed by atoms with Gasteiger partial charge in [0.1, 0.15) is 6.10 Å². The Bertz CT molecular complexity index is 162. The van der Waals surface area contributed by atoms with E-state index in [0.29, 0.717) is 6.61 Å². The number of carbonyl (C=O) groups excluding carboxylic acids is 1. The Morgan fingerprint density at radius 1 is 1.38 bits per heavy atom. The van der Waals surface area contributed by atoms with Crippen LogP contribution < -0.4 is 0 Å². The van der Waals surface area contributed by atoms with Gasteiger partial charge in [-0.1, -0.05) is 26.7 Å². The molecule has 76 valence electrons. The van der Waals surface area contributed by atoms with E-state index in [1.807, 2.05) is 0 Å². The lowest BCUT2D eigenvalue weighted by Crippen LogP contribution is -2.30. The molecule has 1 unspecified atom stereocenters. The fourth-order valence-corrected chi connectivity index (χ4v) is 1.79. The van der Waals surface area contributed by atoms with Crippen molar-refractivity contribution in [2.45, 2.75) is 51.4 Å². The highest BCUT2D eigenvalue weighted by atomic mass is 16.7. The fraction of sp³-hybridized carbons (Fsp3) is 0.900. The third-order valence-electron chi connectivity index (χ3n) is 2.29. The molecule has 0 aromatic heterocycles. The standard InChI is InChI=1S/C10H18O3/c1-3-5-10(6-4-2)12-8-9(7-11)13-10/h7,9H,3-6,8H2,1-2H3. The van der Waals surface area contributed by atoms with Crippen LogP contribution in [0.25, 0.3) is 0 Å². The van der Waals surface area contributed by atoms with Crippen LogP contribution in [0.4, 0.5) is 0 Å². The van der Waals surface area contributed by atoms with Gasteiger partial charge in [-0.25, -0.2) is 0 Å². The summed E-state index contributed by atoms with van der Waals surface area (Å²) in [6, 6.07) is 0. The lowest BCUT2D eigenvalue weighted by atomic mass is 10.1. The van der Waals surface area contributed by atoms with Crippen LogP contribution in [0.15, 0.2) is 0 Å². The largest absolute Gasteiger partial charge is 0.347 e. The summed E-state index contributed by atoms with van der Waals surface area (Å²) >= 11 is 0. The predicted molar refractivity (Wildman–Crippen MR) is 49.4 cm³/mol. The van der Waals surface area contributed by atoms with Crippen molar-refractivity contribution in [3.63, 3.8) is 0 Å². The van der Waals surface area contributed by atoms with E-state index >= 15 is 0 Å². The van der Waals surface area contributed by atoms with Crippen LogP contribution in [0.5, 0.6) is 0 Å². The van der Waals surface area contributed by atoms with Crippen LogP contribution in [0, 0.1) is 0 Å². The van der Waals surface area contributed by atoms with Crippen LogP contribution in [0.3, 0.4) is 0 Å². The average Bonchev–Trinajstić information content (AvgIpc) is 2.50. The molecule has 1 atom stereocenters. The van der Waals surface area contributed by atoms with Crippen molar-refractivity contribution < 1.29 is 14.3 Å². The van der Waals surface area contributed by atoms with Crippen molar-refractivity contribution in [3.8, 4) is 0 Å². The molecular weight excluding hydrogens is 168 g/mol. The molecule has 0 spiro atoms. The van der Waals surface area contributed by atoms with E-state index in [1.165, 1.54) is 0 Å². The molecule has 0 aromatic rings. The van der Waals surface area contributed by atoms with E-state index in [-0.39, 0.29) is 6.10 Å². The predicted octanol–water partition coefficient (Wildman–Crippen LogP) is 1.90. The van der Waals surface area contributed by atoms with Crippen molar-refractivity contribution in [2.24, 2.45) is 0 Å². The second kappa shape index (κ2) is 4.72. The van der Waals surface area contributed by atoms with Gasteiger partial charge in [0.25, 0.3) is 0 Å². The van der Waals surface area contributed by atoms with Crippen LogP contribution in [0.2, 0.25) is 0 Å². The number of ether oxygens (including phenoxy) is 2. The van der Waals surface area contributed by atoms with Crippen molar-refractivity contribution in [1.82, 2.24) is 0 Å². The van der Waals surface area contributed by atoms with Crippen molar-refractivity contribution in [3.05, 3.63) is 0 Å². The minimum atomic E-state index is -0.463. The van der Waals surface area contributed by atoms with Gasteiger partial charge in [0.15, 0.2) is 12.1 Å². The summed E-state index contributed by atoms with van der Waals surface area (Å²) in [5, 5.41) is 0. The smallest absolute Gasteiger partial charge is 0.169 e.